The van der Waals surface area contributed by atoms with Gasteiger partial charge < -0.3 is 9.72 Å². The maximum Gasteiger partial charge on any atom is 0.349 e. The van der Waals surface area contributed by atoms with Gasteiger partial charge in [0.25, 0.3) is 5.56 Å². The molecule has 32 heavy (non-hydrogen) atoms. The summed E-state index contributed by atoms with van der Waals surface area (Å²) in [5.41, 5.74) is -0.204. The number of nitro benzene ring substituents is 1. The highest BCUT2D eigenvalue weighted by atomic mass is 79.9. The van der Waals surface area contributed by atoms with E-state index in [0.717, 1.165) is 5.56 Å². The van der Waals surface area contributed by atoms with E-state index in [2.05, 4.69) is 26.0 Å². The Kier molecular flexibility index (Phi) is 5.95. The van der Waals surface area contributed by atoms with E-state index in [9.17, 15) is 19.7 Å². The summed E-state index contributed by atoms with van der Waals surface area (Å²) in [6.07, 6.45) is 1.18. The summed E-state index contributed by atoms with van der Waals surface area (Å²) < 4.78 is 6.84. The summed E-state index contributed by atoms with van der Waals surface area (Å²) in [4.78, 5) is 38.7. The first-order valence-corrected chi connectivity index (χ1v) is 10.2. The van der Waals surface area contributed by atoms with Crippen molar-refractivity contribution < 1.29 is 9.66 Å². The monoisotopic (exact) mass is 494 g/mol. The first-order chi connectivity index (χ1) is 15.4. The quantitative estimate of drug-likeness (QED) is 0.248. The van der Waals surface area contributed by atoms with Crippen LogP contribution < -0.4 is 16.0 Å². The Hall–Kier alpha value is -4.05. The number of para-hydroxylation sites is 1. The van der Waals surface area contributed by atoms with Gasteiger partial charge in [0, 0.05) is 16.1 Å². The third-order valence-electron chi connectivity index (χ3n) is 4.58. The van der Waals surface area contributed by atoms with Crippen LogP contribution in [0.5, 0.6) is 5.75 Å². The van der Waals surface area contributed by atoms with Crippen LogP contribution in [-0.4, -0.2) is 20.8 Å². The van der Waals surface area contributed by atoms with Gasteiger partial charge in [0.15, 0.2) is 0 Å². The van der Waals surface area contributed by atoms with Crippen LogP contribution >= 0.6 is 15.9 Å². The van der Waals surface area contributed by atoms with Crippen LogP contribution in [0.2, 0.25) is 0 Å². The fraction of sp³-hybridized carbons (Fsp3) is 0.0455. The van der Waals surface area contributed by atoms with Gasteiger partial charge in [-0.1, -0.05) is 58.4 Å². The van der Waals surface area contributed by atoms with Crippen LogP contribution in [0.1, 0.15) is 11.1 Å². The lowest BCUT2D eigenvalue weighted by atomic mass is 10.2. The number of hydrogen-bond acceptors (Lipinski definition) is 6. The molecular weight excluding hydrogens is 480 g/mol. The highest BCUT2D eigenvalue weighted by Crippen LogP contribution is 2.34. The number of nitro groups is 1. The summed E-state index contributed by atoms with van der Waals surface area (Å²) >= 11 is 3.24. The Morgan fingerprint density at radius 1 is 1.09 bits per heavy atom. The molecular formula is C22H15BrN4O5. The van der Waals surface area contributed by atoms with Crippen LogP contribution in [-0.2, 0) is 6.61 Å². The molecule has 0 aliphatic heterocycles. The van der Waals surface area contributed by atoms with Crippen LogP contribution in [0, 0.1) is 10.1 Å². The van der Waals surface area contributed by atoms with E-state index in [1.807, 2.05) is 30.3 Å². The molecule has 3 aromatic carbocycles. The predicted octanol–water partition coefficient (Wildman–Crippen LogP) is 3.82. The zero-order valence-electron chi connectivity index (χ0n) is 16.4. The number of aromatic nitrogens is 2. The van der Waals surface area contributed by atoms with E-state index in [-0.39, 0.29) is 29.0 Å². The van der Waals surface area contributed by atoms with Crippen molar-refractivity contribution in [3.8, 4) is 5.75 Å². The first-order valence-electron chi connectivity index (χ1n) is 9.37. The Morgan fingerprint density at radius 3 is 2.56 bits per heavy atom. The molecule has 0 bridgehead atoms. The molecule has 0 fully saturated rings. The van der Waals surface area contributed by atoms with Gasteiger partial charge in [-0.2, -0.15) is 5.10 Å². The van der Waals surface area contributed by atoms with Crippen molar-refractivity contribution in [1.29, 1.82) is 0 Å². The van der Waals surface area contributed by atoms with E-state index < -0.39 is 16.2 Å². The number of benzene rings is 3. The van der Waals surface area contributed by atoms with E-state index in [0.29, 0.717) is 14.7 Å². The molecule has 0 amide bonds. The van der Waals surface area contributed by atoms with E-state index >= 15 is 0 Å². The van der Waals surface area contributed by atoms with Gasteiger partial charge in [0.1, 0.15) is 6.61 Å². The van der Waals surface area contributed by atoms with Gasteiger partial charge in [-0.15, -0.1) is 4.68 Å². The smallest absolute Gasteiger partial charge is 0.349 e. The zero-order valence-corrected chi connectivity index (χ0v) is 18.0. The maximum absolute atomic E-state index is 12.7. The maximum atomic E-state index is 12.7. The zero-order chi connectivity index (χ0) is 22.7. The second-order valence-electron chi connectivity index (χ2n) is 6.71. The highest BCUT2D eigenvalue weighted by molar-refractivity contribution is 9.10. The predicted molar refractivity (Wildman–Crippen MR) is 123 cm³/mol. The Labute approximate surface area is 188 Å². The minimum Gasteiger partial charge on any atom is -0.481 e. The lowest BCUT2D eigenvalue weighted by molar-refractivity contribution is -0.386. The highest BCUT2D eigenvalue weighted by Gasteiger charge is 2.21. The molecule has 9 nitrogen and oxygen atoms in total. The number of nitrogens with one attached hydrogen (secondary N) is 1. The standard InChI is InChI=1S/C22H15BrN4O5/c23-16-10-15(12-24-26-21(28)17-8-4-5-9-18(17)25-22(26)29)20(19(11-16)27(30)31)32-13-14-6-2-1-3-7-14/h1-12H,13H2,(H,25,29). The van der Waals surface area contributed by atoms with Gasteiger partial charge in [0.05, 0.1) is 22.0 Å². The minimum absolute atomic E-state index is 0.0314. The molecule has 0 atom stereocenters. The molecule has 0 aliphatic carbocycles. The van der Waals surface area contributed by atoms with E-state index in [4.69, 9.17) is 4.74 Å². The molecule has 0 saturated carbocycles. The second kappa shape index (κ2) is 8.98. The molecule has 1 N–H and O–H groups in total. The molecule has 0 unspecified atom stereocenters. The normalized spacial score (nSPS) is 11.2. The van der Waals surface area contributed by atoms with Gasteiger partial charge in [-0.05, 0) is 23.8 Å². The van der Waals surface area contributed by atoms with Crippen molar-refractivity contribution in [2.75, 3.05) is 0 Å². The molecule has 0 saturated heterocycles. The number of H-pyrrole nitrogens is 1. The fourth-order valence-electron chi connectivity index (χ4n) is 3.10. The number of ether oxygens (including phenoxy) is 1. The van der Waals surface area contributed by atoms with Crippen molar-refractivity contribution in [2.45, 2.75) is 6.61 Å². The largest absolute Gasteiger partial charge is 0.481 e. The fourth-order valence-corrected chi connectivity index (χ4v) is 3.56. The molecule has 160 valence electrons. The molecule has 4 rings (SSSR count). The van der Waals surface area contributed by atoms with Crippen LogP contribution in [0.4, 0.5) is 5.69 Å². The van der Waals surface area contributed by atoms with Crippen LogP contribution in [0.3, 0.4) is 0 Å². The second-order valence-corrected chi connectivity index (χ2v) is 7.63. The van der Waals surface area contributed by atoms with Crippen molar-refractivity contribution in [2.24, 2.45) is 5.10 Å². The lowest BCUT2D eigenvalue weighted by Gasteiger charge is -2.10. The third-order valence-corrected chi connectivity index (χ3v) is 5.04. The topological polar surface area (TPSA) is 120 Å². The number of halogens is 1. The van der Waals surface area contributed by atoms with Crippen molar-refractivity contribution in [1.82, 2.24) is 9.66 Å². The number of rotatable bonds is 6. The molecule has 0 spiro atoms. The molecule has 0 radical (unpaired) electrons. The van der Waals surface area contributed by atoms with Crippen LogP contribution in [0.25, 0.3) is 10.9 Å². The SMILES string of the molecule is O=c1[nH]c2ccccc2c(=O)n1N=Cc1cc(Br)cc([N+](=O)[O-])c1OCc1ccccc1. The van der Waals surface area contributed by atoms with Crippen molar-refractivity contribution >= 4 is 38.7 Å². The molecule has 0 aliphatic rings. The average Bonchev–Trinajstić information content (AvgIpc) is 2.78. The minimum atomic E-state index is -0.735. The number of nitrogens with zero attached hydrogens (tertiary/aromatic N) is 3. The first kappa shape index (κ1) is 21.2. The van der Waals surface area contributed by atoms with Crippen LogP contribution in [0.15, 0.2) is 85.9 Å². The van der Waals surface area contributed by atoms with Gasteiger partial charge >= 0.3 is 11.4 Å². The summed E-state index contributed by atoms with van der Waals surface area (Å²) in [5.74, 6) is -0.0314. The Balaban J connectivity index is 1.79. The molecule has 4 aromatic rings. The number of fused-ring (bicyclic) bond motifs is 1. The average molecular weight is 495 g/mol. The lowest BCUT2D eigenvalue weighted by Crippen LogP contribution is -2.32. The summed E-state index contributed by atoms with van der Waals surface area (Å²) in [5, 5.41) is 15.9. The molecule has 1 aromatic heterocycles. The summed E-state index contributed by atoms with van der Waals surface area (Å²) in [6, 6.07) is 18.6. The van der Waals surface area contributed by atoms with Crippen molar-refractivity contribution in [3.63, 3.8) is 0 Å². The Morgan fingerprint density at radius 2 is 1.81 bits per heavy atom. The van der Waals surface area contributed by atoms with Gasteiger partial charge in [-0.3, -0.25) is 14.9 Å². The van der Waals surface area contributed by atoms with Crippen molar-refractivity contribution in [3.05, 3.63) is 113 Å². The summed E-state index contributed by atoms with van der Waals surface area (Å²) in [6.45, 7) is 0.0840. The number of hydrogen-bond donors (Lipinski definition) is 1. The number of aromatic amines is 1. The van der Waals surface area contributed by atoms with E-state index in [1.54, 1.807) is 30.3 Å². The van der Waals surface area contributed by atoms with E-state index in [1.165, 1.54) is 12.3 Å². The van der Waals surface area contributed by atoms with Gasteiger partial charge in [0.2, 0.25) is 5.75 Å². The van der Waals surface area contributed by atoms with Gasteiger partial charge in [-0.25, -0.2) is 4.79 Å². The Bertz CT molecular complexity index is 1460. The third kappa shape index (κ3) is 4.35. The molecule has 10 heteroatoms. The summed E-state index contributed by atoms with van der Waals surface area (Å²) in [7, 11) is 0. The molecule has 1 heterocycles.